The standard InChI is InChI=1S/C17H18N4/c1-11-19-14-8-7-13(10-16(14)20-11)21-15-6-2-4-12-5-3-9-18-17(12)15/h3,5,7-10,15,21H,2,4,6H2,1H3,(H,19,20). The first-order valence-corrected chi connectivity index (χ1v) is 7.46. The van der Waals surface area contributed by atoms with Crippen molar-refractivity contribution in [2.45, 2.75) is 32.2 Å². The summed E-state index contributed by atoms with van der Waals surface area (Å²) in [5.74, 6) is 0.951. The van der Waals surface area contributed by atoms with Crippen LogP contribution in [0.15, 0.2) is 36.5 Å². The second-order valence-corrected chi connectivity index (χ2v) is 5.69. The van der Waals surface area contributed by atoms with Gasteiger partial charge in [-0.1, -0.05) is 6.07 Å². The van der Waals surface area contributed by atoms with Crippen molar-refractivity contribution in [1.82, 2.24) is 15.0 Å². The molecule has 4 rings (SSSR count). The van der Waals surface area contributed by atoms with Gasteiger partial charge in [0, 0.05) is 11.9 Å². The van der Waals surface area contributed by atoms with E-state index in [0.29, 0.717) is 6.04 Å². The highest BCUT2D eigenvalue weighted by Gasteiger charge is 2.21. The summed E-state index contributed by atoms with van der Waals surface area (Å²) < 4.78 is 0. The lowest BCUT2D eigenvalue weighted by molar-refractivity contribution is 0.583. The van der Waals surface area contributed by atoms with Crippen LogP contribution in [0.3, 0.4) is 0 Å². The molecule has 0 radical (unpaired) electrons. The molecule has 2 aromatic heterocycles. The van der Waals surface area contributed by atoms with Crippen molar-refractivity contribution in [1.29, 1.82) is 0 Å². The molecule has 0 saturated carbocycles. The Balaban J connectivity index is 1.65. The third-order valence-electron chi connectivity index (χ3n) is 4.14. The minimum Gasteiger partial charge on any atom is -0.377 e. The van der Waals surface area contributed by atoms with Gasteiger partial charge in [-0.05, 0) is 56.0 Å². The maximum atomic E-state index is 4.58. The van der Waals surface area contributed by atoms with Gasteiger partial charge >= 0.3 is 0 Å². The van der Waals surface area contributed by atoms with E-state index in [2.05, 4.69) is 44.5 Å². The Morgan fingerprint density at radius 2 is 2.24 bits per heavy atom. The number of aromatic amines is 1. The molecule has 1 aliphatic rings. The van der Waals surface area contributed by atoms with Crippen LogP contribution < -0.4 is 5.32 Å². The Morgan fingerprint density at radius 1 is 1.29 bits per heavy atom. The van der Waals surface area contributed by atoms with E-state index < -0.39 is 0 Å². The summed E-state index contributed by atoms with van der Waals surface area (Å²) in [6.45, 7) is 1.98. The molecule has 0 amide bonds. The number of pyridine rings is 1. The van der Waals surface area contributed by atoms with Crippen LogP contribution in [0.25, 0.3) is 11.0 Å². The van der Waals surface area contributed by atoms with Crippen LogP contribution >= 0.6 is 0 Å². The summed E-state index contributed by atoms with van der Waals surface area (Å²) in [5, 5.41) is 3.63. The number of nitrogens with zero attached hydrogens (tertiary/aromatic N) is 2. The number of nitrogens with one attached hydrogen (secondary N) is 2. The molecule has 21 heavy (non-hydrogen) atoms. The number of anilines is 1. The fraction of sp³-hybridized carbons (Fsp3) is 0.294. The first-order valence-electron chi connectivity index (χ1n) is 7.46. The molecule has 106 valence electrons. The maximum Gasteiger partial charge on any atom is 0.104 e. The zero-order valence-electron chi connectivity index (χ0n) is 12.1. The van der Waals surface area contributed by atoms with Crippen LogP contribution in [0.4, 0.5) is 5.69 Å². The van der Waals surface area contributed by atoms with E-state index in [0.717, 1.165) is 35.4 Å². The van der Waals surface area contributed by atoms with Crippen LogP contribution in [0.2, 0.25) is 0 Å². The molecule has 3 aromatic rings. The Hall–Kier alpha value is -2.36. The van der Waals surface area contributed by atoms with Crippen molar-refractivity contribution in [3.05, 3.63) is 53.6 Å². The minimum atomic E-state index is 0.302. The molecule has 0 aliphatic heterocycles. The highest BCUT2D eigenvalue weighted by atomic mass is 15.0. The number of hydrogen-bond acceptors (Lipinski definition) is 3. The average molecular weight is 278 g/mol. The molecule has 1 aromatic carbocycles. The first kappa shape index (κ1) is 12.4. The van der Waals surface area contributed by atoms with Crippen LogP contribution in [-0.4, -0.2) is 15.0 Å². The zero-order chi connectivity index (χ0) is 14.2. The van der Waals surface area contributed by atoms with Crippen molar-refractivity contribution in [3.63, 3.8) is 0 Å². The van der Waals surface area contributed by atoms with E-state index in [1.807, 2.05) is 19.2 Å². The van der Waals surface area contributed by atoms with Gasteiger partial charge in [0.1, 0.15) is 5.82 Å². The highest BCUT2D eigenvalue weighted by molar-refractivity contribution is 5.79. The Labute approximate surface area is 123 Å². The molecule has 4 nitrogen and oxygen atoms in total. The number of aromatic nitrogens is 3. The number of rotatable bonds is 2. The summed E-state index contributed by atoms with van der Waals surface area (Å²) >= 11 is 0. The van der Waals surface area contributed by atoms with Crippen molar-refractivity contribution >= 4 is 16.7 Å². The van der Waals surface area contributed by atoms with Gasteiger partial charge in [0.15, 0.2) is 0 Å². The lowest BCUT2D eigenvalue weighted by atomic mass is 9.92. The molecule has 0 saturated heterocycles. The maximum absolute atomic E-state index is 4.58. The molecule has 0 bridgehead atoms. The Bertz CT molecular complexity index is 790. The van der Waals surface area contributed by atoms with Gasteiger partial charge in [0.2, 0.25) is 0 Å². The predicted octanol–water partition coefficient (Wildman–Crippen LogP) is 3.76. The fourth-order valence-electron chi connectivity index (χ4n) is 3.18. The second-order valence-electron chi connectivity index (χ2n) is 5.69. The molecule has 0 spiro atoms. The van der Waals surface area contributed by atoms with E-state index in [9.17, 15) is 0 Å². The quantitative estimate of drug-likeness (QED) is 0.750. The molecular formula is C17H18N4. The van der Waals surface area contributed by atoms with Gasteiger partial charge in [-0.25, -0.2) is 4.98 Å². The minimum absolute atomic E-state index is 0.302. The largest absolute Gasteiger partial charge is 0.377 e. The first-order chi connectivity index (χ1) is 10.3. The van der Waals surface area contributed by atoms with E-state index in [4.69, 9.17) is 0 Å². The van der Waals surface area contributed by atoms with E-state index >= 15 is 0 Å². The van der Waals surface area contributed by atoms with Crippen molar-refractivity contribution in [3.8, 4) is 0 Å². The van der Waals surface area contributed by atoms with E-state index in [-0.39, 0.29) is 0 Å². The summed E-state index contributed by atoms with van der Waals surface area (Å²) in [5.41, 5.74) is 5.79. The fourth-order valence-corrected chi connectivity index (χ4v) is 3.18. The molecule has 0 fully saturated rings. The topological polar surface area (TPSA) is 53.6 Å². The SMILES string of the molecule is Cc1nc2ccc(NC3CCCc4cccnc43)cc2[nH]1. The predicted molar refractivity (Wildman–Crippen MR) is 84.4 cm³/mol. The third kappa shape index (κ3) is 2.27. The van der Waals surface area contributed by atoms with Crippen molar-refractivity contribution < 1.29 is 0 Å². The number of aryl methyl sites for hydroxylation is 2. The summed E-state index contributed by atoms with van der Waals surface area (Å²) in [7, 11) is 0. The van der Waals surface area contributed by atoms with E-state index in [1.54, 1.807) is 0 Å². The molecule has 1 atom stereocenters. The van der Waals surface area contributed by atoms with Crippen molar-refractivity contribution in [2.24, 2.45) is 0 Å². The molecule has 1 aliphatic carbocycles. The zero-order valence-corrected chi connectivity index (χ0v) is 12.1. The van der Waals surface area contributed by atoms with Gasteiger partial charge in [-0.15, -0.1) is 0 Å². The highest BCUT2D eigenvalue weighted by Crippen LogP contribution is 2.31. The monoisotopic (exact) mass is 278 g/mol. The molecular weight excluding hydrogens is 260 g/mol. The van der Waals surface area contributed by atoms with Gasteiger partial charge in [0.05, 0.1) is 22.8 Å². The van der Waals surface area contributed by atoms with Crippen molar-refractivity contribution in [2.75, 3.05) is 5.32 Å². The van der Waals surface area contributed by atoms with Crippen LogP contribution in [-0.2, 0) is 6.42 Å². The Kier molecular flexibility index (Phi) is 2.88. The second kappa shape index (κ2) is 4.88. The lowest BCUT2D eigenvalue weighted by Crippen LogP contribution is -2.18. The lowest BCUT2D eigenvalue weighted by Gasteiger charge is -2.26. The summed E-state index contributed by atoms with van der Waals surface area (Å²) in [6.07, 6.45) is 5.37. The molecule has 2 N–H and O–H groups in total. The molecule has 1 unspecified atom stereocenters. The number of H-pyrrole nitrogens is 1. The smallest absolute Gasteiger partial charge is 0.104 e. The summed E-state index contributed by atoms with van der Waals surface area (Å²) in [4.78, 5) is 12.3. The van der Waals surface area contributed by atoms with Crippen LogP contribution in [0.1, 0.15) is 36.0 Å². The number of fused-ring (bicyclic) bond motifs is 2. The normalized spacial score (nSPS) is 17.7. The van der Waals surface area contributed by atoms with Gasteiger partial charge < -0.3 is 10.3 Å². The molecule has 2 heterocycles. The molecule has 4 heteroatoms. The third-order valence-corrected chi connectivity index (χ3v) is 4.14. The Morgan fingerprint density at radius 3 is 3.19 bits per heavy atom. The van der Waals surface area contributed by atoms with Gasteiger partial charge in [-0.2, -0.15) is 0 Å². The number of benzene rings is 1. The number of imidazole rings is 1. The number of hydrogen-bond donors (Lipinski definition) is 2. The van der Waals surface area contributed by atoms with Gasteiger partial charge in [-0.3, -0.25) is 4.98 Å². The van der Waals surface area contributed by atoms with Gasteiger partial charge in [0.25, 0.3) is 0 Å². The van der Waals surface area contributed by atoms with Crippen LogP contribution in [0.5, 0.6) is 0 Å². The van der Waals surface area contributed by atoms with E-state index in [1.165, 1.54) is 17.7 Å². The average Bonchev–Trinajstić information content (AvgIpc) is 2.87. The summed E-state index contributed by atoms with van der Waals surface area (Å²) in [6, 6.07) is 10.8. The van der Waals surface area contributed by atoms with Crippen LogP contribution in [0, 0.1) is 6.92 Å².